The summed E-state index contributed by atoms with van der Waals surface area (Å²) in [6, 6.07) is 15.4. The van der Waals surface area contributed by atoms with E-state index in [1.54, 1.807) is 61.2 Å². The first kappa shape index (κ1) is 43.9. The Morgan fingerprint density at radius 1 is 0.867 bits per heavy atom. The summed E-state index contributed by atoms with van der Waals surface area (Å²) < 4.78 is 63.6. The number of nitrogens with one attached hydrogen (secondary N) is 2. The zero-order valence-corrected chi connectivity index (χ0v) is 33.6. The number of hydrogen-bond donors (Lipinski definition) is 3. The number of alkyl halides is 3. The van der Waals surface area contributed by atoms with Crippen molar-refractivity contribution in [3.05, 3.63) is 82.9 Å². The van der Waals surface area contributed by atoms with Crippen LogP contribution in [0.15, 0.2) is 60.7 Å². The molecule has 3 aromatic rings. The van der Waals surface area contributed by atoms with Gasteiger partial charge in [0.2, 0.25) is 11.8 Å². The zero-order chi connectivity index (χ0) is 43.2. The number of benzene rings is 3. The number of thiol groups is 1. The Bertz CT molecular complexity index is 2160. The quantitative estimate of drug-likeness (QED) is 0.0910. The first-order chi connectivity index (χ1) is 28.6. The zero-order valence-electron chi connectivity index (χ0n) is 32.8. The van der Waals surface area contributed by atoms with Crippen molar-refractivity contribution in [2.24, 2.45) is 0 Å². The molecule has 2 saturated heterocycles. The Balaban J connectivity index is 0.840. The van der Waals surface area contributed by atoms with Crippen LogP contribution in [0.5, 0.6) is 5.75 Å². The van der Waals surface area contributed by atoms with Gasteiger partial charge in [0.25, 0.3) is 17.7 Å². The number of rotatable bonds is 18. The van der Waals surface area contributed by atoms with Crippen LogP contribution in [0.1, 0.15) is 65.0 Å². The first-order valence-corrected chi connectivity index (χ1v) is 19.6. The van der Waals surface area contributed by atoms with Crippen molar-refractivity contribution in [1.29, 1.82) is 5.26 Å². The molecule has 2 unspecified atom stereocenters. The highest BCUT2D eigenvalue weighted by atomic mass is 32.1. The molecule has 0 radical (unpaired) electrons. The van der Waals surface area contributed by atoms with Crippen LogP contribution < -0.4 is 25.2 Å². The molecule has 0 saturated carbocycles. The third kappa shape index (κ3) is 9.36. The number of nitrogens with zero attached hydrogens (tertiary/aromatic N) is 4. The number of ether oxygens (including phenoxy) is 4. The van der Waals surface area contributed by atoms with E-state index in [1.807, 2.05) is 0 Å². The lowest BCUT2D eigenvalue weighted by molar-refractivity contribution is -0.138. The van der Waals surface area contributed by atoms with E-state index >= 15 is 0 Å². The van der Waals surface area contributed by atoms with Gasteiger partial charge in [0.1, 0.15) is 17.3 Å². The number of amides is 5. The largest absolute Gasteiger partial charge is 0.494 e. The summed E-state index contributed by atoms with van der Waals surface area (Å²) in [5, 5.41) is 14.5. The van der Waals surface area contributed by atoms with E-state index in [4.69, 9.17) is 24.2 Å². The van der Waals surface area contributed by atoms with Gasteiger partial charge in [0.05, 0.1) is 68.0 Å². The summed E-state index contributed by atoms with van der Waals surface area (Å²) in [5.74, 6) is -2.15. The third-order valence-electron chi connectivity index (χ3n) is 10.1. The molecule has 2 atom stereocenters. The highest BCUT2D eigenvalue weighted by molar-refractivity contribution is 7.81. The van der Waals surface area contributed by atoms with Crippen LogP contribution in [-0.2, 0) is 34.8 Å². The van der Waals surface area contributed by atoms with Crippen LogP contribution >= 0.6 is 12.6 Å². The summed E-state index contributed by atoms with van der Waals surface area (Å²) >= 11 is 4.63. The lowest BCUT2D eigenvalue weighted by Crippen LogP contribution is -2.54. The van der Waals surface area contributed by atoms with Gasteiger partial charge >= 0.3 is 6.18 Å². The molecular formula is C41H43F3N6O9S. The molecule has 2 fully saturated rings. The van der Waals surface area contributed by atoms with Gasteiger partial charge in [-0.1, -0.05) is 6.07 Å². The highest BCUT2D eigenvalue weighted by Gasteiger charge is 2.52. The predicted molar refractivity (Wildman–Crippen MR) is 214 cm³/mol. The number of nitriles is 1. The lowest BCUT2D eigenvalue weighted by Gasteiger charge is -2.33. The number of carbonyl (C=O) groups excluding carboxylic acids is 5. The summed E-state index contributed by atoms with van der Waals surface area (Å²) in [6.07, 6.45) is -4.06. The number of halogens is 3. The number of anilines is 3. The molecular weight excluding hydrogens is 810 g/mol. The van der Waals surface area contributed by atoms with Crippen LogP contribution in [0.3, 0.4) is 0 Å². The van der Waals surface area contributed by atoms with Crippen LogP contribution in [0.25, 0.3) is 0 Å². The molecule has 15 nitrogen and oxygen atoms in total. The van der Waals surface area contributed by atoms with Gasteiger partial charge < -0.3 is 29.2 Å². The second kappa shape index (κ2) is 18.7. The van der Waals surface area contributed by atoms with Crippen molar-refractivity contribution in [1.82, 2.24) is 10.2 Å². The Morgan fingerprint density at radius 2 is 1.53 bits per heavy atom. The maximum absolute atomic E-state index is 13.7. The van der Waals surface area contributed by atoms with Crippen LogP contribution in [-0.4, -0.2) is 104 Å². The molecule has 3 heterocycles. The van der Waals surface area contributed by atoms with E-state index in [9.17, 15) is 37.1 Å². The van der Waals surface area contributed by atoms with Crippen LogP contribution in [0.4, 0.5) is 30.2 Å². The Hall–Kier alpha value is -5.68. The van der Waals surface area contributed by atoms with Gasteiger partial charge in [-0.2, -0.15) is 18.4 Å². The average Bonchev–Trinajstić information content (AvgIpc) is 3.57. The predicted octanol–water partition coefficient (Wildman–Crippen LogP) is 4.75. The molecule has 0 aliphatic carbocycles. The maximum atomic E-state index is 13.7. The molecule has 0 spiro atoms. The molecule has 5 amide bonds. The number of carbonyl (C=O) groups is 5. The third-order valence-corrected chi connectivity index (χ3v) is 10.6. The summed E-state index contributed by atoms with van der Waals surface area (Å²) in [4.78, 5) is 67.4. The van der Waals surface area contributed by atoms with Gasteiger partial charge in [-0.3, -0.25) is 39.1 Å². The van der Waals surface area contributed by atoms with E-state index in [0.717, 1.165) is 17.0 Å². The van der Waals surface area contributed by atoms with Gasteiger partial charge in [-0.05, 0) is 74.9 Å². The minimum atomic E-state index is -4.78. The summed E-state index contributed by atoms with van der Waals surface area (Å²) in [5.41, 5.74) is -2.36. The molecule has 60 heavy (non-hydrogen) atoms. The fraction of sp³-hybridized carbons (Fsp3) is 0.415. The molecule has 0 aromatic heterocycles. The van der Waals surface area contributed by atoms with E-state index < -0.39 is 63.9 Å². The van der Waals surface area contributed by atoms with Gasteiger partial charge in [0.15, 0.2) is 5.50 Å². The SMILES string of the molecule is CC1(C)C(=O)N(c2ccc(C#N)c(C(F)(F)F)c2)C(S)N1c1ccc(OCCCOCCOCCOCCNc2cccc3c2C(=O)N(C2CCC(=O)NC2=O)C3=O)cc1. The second-order valence-electron chi connectivity index (χ2n) is 14.4. The van der Waals surface area contributed by atoms with Crippen LogP contribution in [0.2, 0.25) is 0 Å². The summed E-state index contributed by atoms with van der Waals surface area (Å²) in [7, 11) is 0. The van der Waals surface area contributed by atoms with E-state index in [0.29, 0.717) is 76.3 Å². The fourth-order valence-corrected chi connectivity index (χ4v) is 7.80. The molecule has 3 aliphatic heterocycles. The van der Waals surface area contributed by atoms with Crippen molar-refractivity contribution in [2.45, 2.75) is 56.4 Å². The standard InChI is InChI=1S/C41H43F3N6O9S/c1-40(2)38(55)48(27-8-7-25(24-45)30(23-27)41(42,43)44)39(60)50(40)26-9-11-28(12-10-26)59-17-4-16-56-19-21-58-22-20-57-18-15-46-31-6-3-5-29-34(31)37(54)49(36(29)53)32-13-14-33(51)47-35(32)52/h3,5-12,23,32,39,46,60H,4,13-22H2,1-2H3,(H,47,51,52). The van der Waals surface area contributed by atoms with Crippen molar-refractivity contribution in [3.63, 3.8) is 0 Å². The Morgan fingerprint density at radius 3 is 2.20 bits per heavy atom. The number of piperidine rings is 1. The fourth-order valence-electron chi connectivity index (χ4n) is 7.14. The van der Waals surface area contributed by atoms with E-state index in [1.165, 1.54) is 17.0 Å². The molecule has 2 N–H and O–H groups in total. The minimum absolute atomic E-state index is 0.0242. The molecule has 3 aliphatic rings. The lowest BCUT2D eigenvalue weighted by atomic mass is 10.0. The molecule has 3 aromatic carbocycles. The second-order valence-corrected chi connectivity index (χ2v) is 14.9. The molecule has 0 bridgehead atoms. The topological polar surface area (TPSA) is 180 Å². The smallest absolute Gasteiger partial charge is 0.417 e. The van der Waals surface area contributed by atoms with Gasteiger partial charge in [-0.25, -0.2) is 0 Å². The Kier molecular flexibility index (Phi) is 13.7. The first-order valence-electron chi connectivity index (χ1n) is 19.1. The van der Waals surface area contributed by atoms with Crippen molar-refractivity contribution >= 4 is 59.2 Å². The molecule has 19 heteroatoms. The average molecular weight is 853 g/mol. The monoisotopic (exact) mass is 852 g/mol. The number of imide groups is 2. The Labute approximate surface area is 349 Å². The van der Waals surface area contributed by atoms with E-state index in [2.05, 4.69) is 23.3 Å². The van der Waals surface area contributed by atoms with Crippen molar-refractivity contribution in [2.75, 3.05) is 67.9 Å². The number of hydrogen-bond acceptors (Lipinski definition) is 13. The highest BCUT2D eigenvalue weighted by Crippen LogP contribution is 2.42. The minimum Gasteiger partial charge on any atom is -0.494 e. The van der Waals surface area contributed by atoms with Crippen molar-refractivity contribution in [3.8, 4) is 11.8 Å². The molecule has 6 rings (SSSR count). The normalized spacial score (nSPS) is 18.8. The van der Waals surface area contributed by atoms with Gasteiger partial charge in [-0.15, -0.1) is 12.6 Å². The molecule has 318 valence electrons. The van der Waals surface area contributed by atoms with E-state index in [-0.39, 0.29) is 29.7 Å². The maximum Gasteiger partial charge on any atom is 0.417 e. The van der Waals surface area contributed by atoms with Gasteiger partial charge in [0, 0.05) is 43.1 Å². The van der Waals surface area contributed by atoms with Crippen LogP contribution in [0, 0.1) is 11.3 Å². The van der Waals surface area contributed by atoms with Crippen molar-refractivity contribution < 1.29 is 56.1 Å². The summed E-state index contributed by atoms with van der Waals surface area (Å²) in [6.45, 7) is 6.13. The number of fused-ring (bicyclic) bond motifs is 1.